The molecule has 1 aliphatic rings. The maximum Gasteiger partial charge on any atom is 0.244 e. The second kappa shape index (κ2) is 11.9. The fraction of sp³-hybridized carbons (Fsp3) is 0.481. The molecule has 0 radical (unpaired) electrons. The van der Waals surface area contributed by atoms with Crippen molar-refractivity contribution in [1.29, 1.82) is 0 Å². The SMILES string of the molecule is CC(C)c1ccccc1N(CC(=O)N(Cc1ccccc1F)C(C)C(=O)NC1CCCC1)S(C)(=O)=O. The van der Waals surface area contributed by atoms with Crippen LogP contribution in [0.1, 0.15) is 63.5 Å². The van der Waals surface area contributed by atoms with E-state index in [9.17, 15) is 22.4 Å². The van der Waals surface area contributed by atoms with Crippen LogP contribution in [0.5, 0.6) is 0 Å². The summed E-state index contributed by atoms with van der Waals surface area (Å²) in [5.74, 6) is -1.40. The van der Waals surface area contributed by atoms with Crippen LogP contribution in [0.4, 0.5) is 10.1 Å². The molecule has 0 aliphatic heterocycles. The lowest BCUT2D eigenvalue weighted by atomic mass is 10.0. The number of benzene rings is 2. The smallest absolute Gasteiger partial charge is 0.244 e. The fourth-order valence-electron chi connectivity index (χ4n) is 4.58. The second-order valence-corrected chi connectivity index (χ2v) is 11.7. The first-order valence-electron chi connectivity index (χ1n) is 12.4. The minimum Gasteiger partial charge on any atom is -0.352 e. The molecule has 1 saturated carbocycles. The van der Waals surface area contributed by atoms with Gasteiger partial charge in [-0.1, -0.05) is 63.1 Å². The number of amides is 2. The van der Waals surface area contributed by atoms with Crippen molar-refractivity contribution in [3.05, 3.63) is 65.5 Å². The largest absolute Gasteiger partial charge is 0.352 e. The molecule has 7 nitrogen and oxygen atoms in total. The molecule has 1 fully saturated rings. The van der Waals surface area contributed by atoms with Gasteiger partial charge in [0.15, 0.2) is 0 Å². The Labute approximate surface area is 213 Å². The van der Waals surface area contributed by atoms with Gasteiger partial charge < -0.3 is 10.2 Å². The highest BCUT2D eigenvalue weighted by Gasteiger charge is 2.32. The van der Waals surface area contributed by atoms with Crippen molar-refractivity contribution in [2.45, 2.75) is 71.0 Å². The third-order valence-electron chi connectivity index (χ3n) is 6.67. The summed E-state index contributed by atoms with van der Waals surface area (Å²) in [5, 5.41) is 3.00. The van der Waals surface area contributed by atoms with E-state index in [1.165, 1.54) is 11.0 Å². The predicted octanol–water partition coefficient (Wildman–Crippen LogP) is 4.19. The van der Waals surface area contributed by atoms with Crippen LogP contribution in [-0.2, 0) is 26.2 Å². The summed E-state index contributed by atoms with van der Waals surface area (Å²) in [6.07, 6.45) is 4.89. The van der Waals surface area contributed by atoms with Crippen molar-refractivity contribution in [3.63, 3.8) is 0 Å². The Hall–Kier alpha value is -2.94. The normalized spacial score (nSPS) is 15.1. The molecule has 1 N–H and O–H groups in total. The summed E-state index contributed by atoms with van der Waals surface area (Å²) in [5.41, 5.74) is 1.44. The molecule has 1 atom stereocenters. The third kappa shape index (κ3) is 6.84. The fourth-order valence-corrected chi connectivity index (χ4v) is 5.45. The number of rotatable bonds is 10. The summed E-state index contributed by atoms with van der Waals surface area (Å²) in [6.45, 7) is 4.82. The molecular weight excluding hydrogens is 481 g/mol. The summed E-state index contributed by atoms with van der Waals surface area (Å²) in [6, 6.07) is 12.2. The van der Waals surface area contributed by atoms with E-state index in [0.29, 0.717) is 5.69 Å². The van der Waals surface area contributed by atoms with Gasteiger partial charge in [-0.25, -0.2) is 12.8 Å². The number of nitrogens with zero attached hydrogens (tertiary/aromatic N) is 2. The molecule has 0 aromatic heterocycles. The van der Waals surface area contributed by atoms with Crippen LogP contribution in [0.2, 0.25) is 0 Å². The molecule has 2 aromatic rings. The van der Waals surface area contributed by atoms with Crippen molar-refractivity contribution in [3.8, 4) is 0 Å². The van der Waals surface area contributed by atoms with E-state index in [4.69, 9.17) is 0 Å². The van der Waals surface area contributed by atoms with Gasteiger partial charge in [0.2, 0.25) is 21.8 Å². The van der Waals surface area contributed by atoms with Crippen molar-refractivity contribution in [2.24, 2.45) is 0 Å². The van der Waals surface area contributed by atoms with E-state index in [1.807, 2.05) is 26.0 Å². The molecule has 3 rings (SSSR count). The molecule has 9 heteroatoms. The lowest BCUT2D eigenvalue weighted by molar-refractivity contribution is -0.139. The quantitative estimate of drug-likeness (QED) is 0.512. The molecule has 2 aromatic carbocycles. The lowest BCUT2D eigenvalue weighted by Gasteiger charge is -2.33. The Kier molecular flexibility index (Phi) is 9.11. The number of hydrogen-bond donors (Lipinski definition) is 1. The Morgan fingerprint density at radius 3 is 2.25 bits per heavy atom. The summed E-state index contributed by atoms with van der Waals surface area (Å²) < 4.78 is 41.2. The molecule has 1 unspecified atom stereocenters. The van der Waals surface area contributed by atoms with Crippen LogP contribution in [0.15, 0.2) is 48.5 Å². The number of carbonyl (C=O) groups is 2. The van der Waals surface area contributed by atoms with Gasteiger partial charge in [0.05, 0.1) is 11.9 Å². The first-order valence-corrected chi connectivity index (χ1v) is 14.2. The highest BCUT2D eigenvalue weighted by atomic mass is 32.2. The maximum atomic E-state index is 14.5. The Bertz CT molecular complexity index is 1180. The van der Waals surface area contributed by atoms with Crippen molar-refractivity contribution >= 4 is 27.5 Å². The van der Waals surface area contributed by atoms with Crippen LogP contribution < -0.4 is 9.62 Å². The first-order chi connectivity index (χ1) is 17.0. The molecule has 2 amide bonds. The maximum absolute atomic E-state index is 14.5. The molecule has 0 spiro atoms. The van der Waals surface area contributed by atoms with Gasteiger partial charge in [-0.15, -0.1) is 0 Å². The van der Waals surface area contributed by atoms with E-state index < -0.39 is 34.3 Å². The number of para-hydroxylation sites is 1. The molecule has 0 bridgehead atoms. The van der Waals surface area contributed by atoms with Crippen LogP contribution >= 0.6 is 0 Å². The van der Waals surface area contributed by atoms with E-state index in [-0.39, 0.29) is 30.0 Å². The molecule has 0 heterocycles. The molecule has 1 aliphatic carbocycles. The van der Waals surface area contributed by atoms with Gasteiger partial charge in [-0.3, -0.25) is 13.9 Å². The highest BCUT2D eigenvalue weighted by Crippen LogP contribution is 2.29. The first kappa shape index (κ1) is 27.6. The van der Waals surface area contributed by atoms with Crippen LogP contribution in [-0.4, -0.2) is 50.0 Å². The monoisotopic (exact) mass is 517 g/mol. The van der Waals surface area contributed by atoms with Crippen LogP contribution in [0.3, 0.4) is 0 Å². The molecule has 36 heavy (non-hydrogen) atoms. The highest BCUT2D eigenvalue weighted by molar-refractivity contribution is 7.92. The van der Waals surface area contributed by atoms with Gasteiger partial charge in [0, 0.05) is 18.2 Å². The van der Waals surface area contributed by atoms with Crippen molar-refractivity contribution < 1.29 is 22.4 Å². The Balaban J connectivity index is 1.94. The zero-order valence-corrected chi connectivity index (χ0v) is 22.2. The average molecular weight is 518 g/mol. The molecular formula is C27H36FN3O4S. The van der Waals surface area contributed by atoms with Crippen molar-refractivity contribution in [1.82, 2.24) is 10.2 Å². The van der Waals surface area contributed by atoms with Gasteiger partial charge >= 0.3 is 0 Å². The number of hydrogen-bond acceptors (Lipinski definition) is 4. The number of anilines is 1. The zero-order chi connectivity index (χ0) is 26.5. The van der Waals surface area contributed by atoms with Gasteiger partial charge in [-0.05, 0) is 43.4 Å². The molecule has 196 valence electrons. The average Bonchev–Trinajstić information content (AvgIpc) is 3.33. The van der Waals surface area contributed by atoms with Gasteiger partial charge in [0.25, 0.3) is 0 Å². The van der Waals surface area contributed by atoms with E-state index in [1.54, 1.807) is 37.3 Å². The van der Waals surface area contributed by atoms with Crippen molar-refractivity contribution in [2.75, 3.05) is 17.1 Å². The zero-order valence-electron chi connectivity index (χ0n) is 21.4. The summed E-state index contributed by atoms with van der Waals surface area (Å²) >= 11 is 0. The topological polar surface area (TPSA) is 86.8 Å². The summed E-state index contributed by atoms with van der Waals surface area (Å²) in [4.78, 5) is 28.0. The van der Waals surface area contributed by atoms with E-state index >= 15 is 0 Å². The van der Waals surface area contributed by atoms with E-state index in [0.717, 1.165) is 41.8 Å². The van der Waals surface area contributed by atoms with Gasteiger partial charge in [0.1, 0.15) is 18.4 Å². The number of halogens is 1. The number of carbonyl (C=O) groups excluding carboxylic acids is 2. The standard InChI is InChI=1S/C27H36FN3O4S/c1-19(2)23-14-8-10-16-25(23)31(36(4,34)35)18-26(32)30(17-21-11-5-9-15-24(21)28)20(3)27(33)29-22-12-6-7-13-22/h5,8-11,14-16,19-20,22H,6-7,12-13,17-18H2,1-4H3,(H,29,33). The summed E-state index contributed by atoms with van der Waals surface area (Å²) in [7, 11) is -3.84. The number of nitrogens with one attached hydrogen (secondary N) is 1. The van der Waals surface area contributed by atoms with Crippen LogP contribution in [0, 0.1) is 5.82 Å². The van der Waals surface area contributed by atoms with E-state index in [2.05, 4.69) is 5.32 Å². The Morgan fingerprint density at radius 1 is 1.03 bits per heavy atom. The van der Waals surface area contributed by atoms with Gasteiger partial charge in [-0.2, -0.15) is 0 Å². The predicted molar refractivity (Wildman–Crippen MR) is 140 cm³/mol. The lowest BCUT2D eigenvalue weighted by Crippen LogP contribution is -2.52. The second-order valence-electron chi connectivity index (χ2n) is 9.76. The van der Waals surface area contributed by atoms with Crippen LogP contribution in [0.25, 0.3) is 0 Å². The minimum atomic E-state index is -3.84. The minimum absolute atomic E-state index is 0.0196. The third-order valence-corrected chi connectivity index (χ3v) is 7.80. The molecule has 0 saturated heterocycles. The Morgan fingerprint density at radius 2 is 1.64 bits per heavy atom. The number of sulfonamides is 1.